The maximum Gasteiger partial charge on any atom is 0.188 e. The molecule has 17 heavy (non-hydrogen) atoms. The van der Waals surface area contributed by atoms with E-state index in [0.29, 0.717) is 12.0 Å². The van der Waals surface area contributed by atoms with E-state index in [1.165, 1.54) is 51.4 Å². The summed E-state index contributed by atoms with van der Waals surface area (Å²) in [5.41, 5.74) is 5.96. The van der Waals surface area contributed by atoms with Crippen molar-refractivity contribution in [2.45, 2.75) is 64.3 Å². The molecule has 3 nitrogen and oxygen atoms in total. The van der Waals surface area contributed by atoms with Gasteiger partial charge in [0.05, 0.1) is 0 Å². The molecule has 0 spiro atoms. The highest BCUT2D eigenvalue weighted by Crippen LogP contribution is 2.29. The topological polar surface area (TPSA) is 50.4 Å². The molecule has 0 aromatic heterocycles. The number of hydrogen-bond donors (Lipinski definition) is 2. The summed E-state index contributed by atoms with van der Waals surface area (Å²) in [6.45, 7) is 3.28. The van der Waals surface area contributed by atoms with E-state index in [9.17, 15) is 0 Å². The predicted octanol–water partition coefficient (Wildman–Crippen LogP) is 2.66. The molecule has 2 atom stereocenters. The fourth-order valence-electron chi connectivity index (χ4n) is 3.20. The molecule has 2 aliphatic rings. The van der Waals surface area contributed by atoms with Crippen molar-refractivity contribution in [3.05, 3.63) is 0 Å². The Morgan fingerprint density at radius 2 is 1.76 bits per heavy atom. The van der Waals surface area contributed by atoms with Crippen LogP contribution in [0.4, 0.5) is 0 Å². The minimum Gasteiger partial charge on any atom is -0.370 e. The number of hydrogen-bond acceptors (Lipinski definition) is 1. The number of aliphatic imine (C=N–C) groups is 1. The third kappa shape index (κ3) is 3.90. The monoisotopic (exact) mass is 237 g/mol. The minimum absolute atomic E-state index is 0.586. The first kappa shape index (κ1) is 12.7. The van der Waals surface area contributed by atoms with Crippen molar-refractivity contribution in [3.63, 3.8) is 0 Å². The van der Waals surface area contributed by atoms with Crippen molar-refractivity contribution < 1.29 is 0 Å². The Balaban J connectivity index is 1.74. The lowest BCUT2D eigenvalue weighted by Gasteiger charge is -2.27. The average Bonchev–Trinajstić information content (AvgIpc) is 2.81. The Kier molecular flexibility index (Phi) is 4.69. The first-order chi connectivity index (χ1) is 8.25. The quantitative estimate of drug-likeness (QED) is 0.585. The van der Waals surface area contributed by atoms with Gasteiger partial charge in [-0.25, -0.2) is 0 Å². The maximum absolute atomic E-state index is 5.96. The second-order valence-corrected chi connectivity index (χ2v) is 5.87. The Morgan fingerprint density at radius 1 is 1.12 bits per heavy atom. The van der Waals surface area contributed by atoms with Crippen LogP contribution in [0.25, 0.3) is 0 Å². The van der Waals surface area contributed by atoms with Crippen LogP contribution in [-0.2, 0) is 0 Å². The van der Waals surface area contributed by atoms with Crippen molar-refractivity contribution >= 4 is 5.96 Å². The lowest BCUT2D eigenvalue weighted by molar-refractivity contribution is 0.263. The summed E-state index contributed by atoms with van der Waals surface area (Å²) in [6.07, 6.45) is 10.7. The number of guanidine groups is 1. The van der Waals surface area contributed by atoms with Crippen LogP contribution in [0.3, 0.4) is 0 Å². The second-order valence-electron chi connectivity index (χ2n) is 5.87. The van der Waals surface area contributed by atoms with Crippen LogP contribution in [0.5, 0.6) is 0 Å². The first-order valence-electron chi connectivity index (χ1n) is 7.32. The maximum atomic E-state index is 5.96. The molecule has 2 fully saturated rings. The Morgan fingerprint density at radius 3 is 2.47 bits per heavy atom. The van der Waals surface area contributed by atoms with Gasteiger partial charge >= 0.3 is 0 Å². The highest BCUT2D eigenvalue weighted by molar-refractivity contribution is 5.78. The van der Waals surface area contributed by atoms with Gasteiger partial charge in [0.15, 0.2) is 5.96 Å². The van der Waals surface area contributed by atoms with Crippen LogP contribution in [0.15, 0.2) is 4.99 Å². The van der Waals surface area contributed by atoms with Gasteiger partial charge in [0.25, 0.3) is 0 Å². The summed E-state index contributed by atoms with van der Waals surface area (Å²) in [5.74, 6) is 2.26. The van der Waals surface area contributed by atoms with E-state index in [1.54, 1.807) is 0 Å². The van der Waals surface area contributed by atoms with Gasteiger partial charge in [0, 0.05) is 12.6 Å². The molecule has 0 aliphatic heterocycles. The van der Waals surface area contributed by atoms with E-state index in [2.05, 4.69) is 17.2 Å². The SMILES string of the molecule is CC1CCCCC1CN=C(N)NC1CCCC1. The zero-order valence-electron chi connectivity index (χ0n) is 11.1. The molecule has 0 radical (unpaired) electrons. The Hall–Kier alpha value is -0.730. The van der Waals surface area contributed by atoms with Crippen molar-refractivity contribution in [3.8, 4) is 0 Å². The molecular formula is C14H27N3. The third-order valence-electron chi connectivity index (χ3n) is 4.49. The van der Waals surface area contributed by atoms with Gasteiger partial charge in [-0.2, -0.15) is 0 Å². The molecule has 2 saturated carbocycles. The molecule has 3 heteroatoms. The molecule has 98 valence electrons. The highest BCUT2D eigenvalue weighted by Gasteiger charge is 2.21. The van der Waals surface area contributed by atoms with E-state index in [0.717, 1.165) is 18.4 Å². The van der Waals surface area contributed by atoms with Gasteiger partial charge in [-0.15, -0.1) is 0 Å². The smallest absolute Gasteiger partial charge is 0.188 e. The molecular weight excluding hydrogens is 210 g/mol. The molecule has 0 saturated heterocycles. The zero-order valence-corrected chi connectivity index (χ0v) is 11.1. The van der Waals surface area contributed by atoms with Crippen molar-refractivity contribution in [2.75, 3.05) is 6.54 Å². The lowest BCUT2D eigenvalue weighted by atomic mass is 9.80. The second kappa shape index (κ2) is 6.27. The highest BCUT2D eigenvalue weighted by atomic mass is 15.1. The van der Waals surface area contributed by atoms with Crippen molar-refractivity contribution in [1.29, 1.82) is 0 Å². The largest absolute Gasteiger partial charge is 0.370 e. The van der Waals surface area contributed by atoms with Crippen molar-refractivity contribution in [1.82, 2.24) is 5.32 Å². The van der Waals surface area contributed by atoms with Crippen LogP contribution in [-0.4, -0.2) is 18.5 Å². The molecule has 0 aromatic rings. The van der Waals surface area contributed by atoms with Crippen LogP contribution in [0, 0.1) is 11.8 Å². The number of nitrogens with one attached hydrogen (secondary N) is 1. The van der Waals surface area contributed by atoms with E-state index in [1.807, 2.05) is 0 Å². The van der Waals surface area contributed by atoms with Gasteiger partial charge < -0.3 is 11.1 Å². The fraction of sp³-hybridized carbons (Fsp3) is 0.929. The van der Waals surface area contributed by atoms with E-state index < -0.39 is 0 Å². The van der Waals surface area contributed by atoms with Gasteiger partial charge in [-0.1, -0.05) is 39.0 Å². The Bertz CT molecular complexity index is 256. The van der Waals surface area contributed by atoms with Crippen LogP contribution in [0.1, 0.15) is 58.3 Å². The lowest BCUT2D eigenvalue weighted by Crippen LogP contribution is -2.39. The number of rotatable bonds is 3. The molecule has 0 bridgehead atoms. The molecule has 0 amide bonds. The van der Waals surface area contributed by atoms with Gasteiger partial charge in [-0.05, 0) is 31.1 Å². The van der Waals surface area contributed by atoms with Gasteiger partial charge in [0.2, 0.25) is 0 Å². The average molecular weight is 237 g/mol. The summed E-state index contributed by atoms with van der Waals surface area (Å²) in [6, 6.07) is 0.586. The van der Waals surface area contributed by atoms with Gasteiger partial charge in [0.1, 0.15) is 0 Å². The molecule has 2 unspecified atom stereocenters. The van der Waals surface area contributed by atoms with Crippen LogP contribution in [0.2, 0.25) is 0 Å². The van der Waals surface area contributed by atoms with E-state index in [4.69, 9.17) is 5.73 Å². The van der Waals surface area contributed by atoms with E-state index in [-0.39, 0.29) is 0 Å². The molecule has 2 rings (SSSR count). The van der Waals surface area contributed by atoms with Crippen LogP contribution < -0.4 is 11.1 Å². The summed E-state index contributed by atoms with van der Waals surface area (Å²) < 4.78 is 0. The van der Waals surface area contributed by atoms with E-state index >= 15 is 0 Å². The number of nitrogens with two attached hydrogens (primary N) is 1. The molecule has 2 aliphatic carbocycles. The summed E-state index contributed by atoms with van der Waals surface area (Å²) in [7, 11) is 0. The summed E-state index contributed by atoms with van der Waals surface area (Å²) in [4.78, 5) is 4.55. The summed E-state index contributed by atoms with van der Waals surface area (Å²) >= 11 is 0. The third-order valence-corrected chi connectivity index (χ3v) is 4.49. The zero-order chi connectivity index (χ0) is 12.1. The van der Waals surface area contributed by atoms with Gasteiger partial charge in [-0.3, -0.25) is 4.99 Å². The summed E-state index contributed by atoms with van der Waals surface area (Å²) in [5, 5.41) is 3.36. The fourth-order valence-corrected chi connectivity index (χ4v) is 3.20. The Labute approximate surface area is 105 Å². The standard InChI is InChI=1S/C14H27N3/c1-11-6-2-3-7-12(11)10-16-14(15)17-13-8-4-5-9-13/h11-13H,2-10H2,1H3,(H3,15,16,17). The first-order valence-corrected chi connectivity index (χ1v) is 7.32. The molecule has 0 aromatic carbocycles. The normalized spacial score (nSPS) is 31.7. The molecule has 0 heterocycles. The van der Waals surface area contributed by atoms with Crippen molar-refractivity contribution in [2.24, 2.45) is 22.6 Å². The minimum atomic E-state index is 0.586. The molecule has 3 N–H and O–H groups in total. The predicted molar refractivity (Wildman–Crippen MR) is 73.0 cm³/mol. The van der Waals surface area contributed by atoms with Crippen LogP contribution >= 0.6 is 0 Å². The number of nitrogens with zero attached hydrogens (tertiary/aromatic N) is 1.